The maximum atomic E-state index is 4.93. The first-order valence-electron chi connectivity index (χ1n) is 8.24. The second-order valence-electron chi connectivity index (χ2n) is 4.97. The maximum Gasteiger partial charge on any atom is -0.172 e. The molecule has 142 valence electrons. The van der Waals surface area contributed by atoms with E-state index >= 15 is 0 Å². The number of hydrogen-bond acceptors (Lipinski definition) is 0. The van der Waals surface area contributed by atoms with Gasteiger partial charge in [0.2, 0.25) is 0 Å². The van der Waals surface area contributed by atoms with Gasteiger partial charge >= 0.3 is 37.9 Å². The molecule has 4 rings (SSSR count). The number of benzene rings is 2. The molecule has 0 spiro atoms. The molecule has 0 saturated heterocycles. The largest absolute Gasteiger partial charge is 0.214 e. The van der Waals surface area contributed by atoms with Crippen molar-refractivity contribution in [3.63, 3.8) is 0 Å². The Labute approximate surface area is 183 Å². The topological polar surface area (TPSA) is 0 Å². The average Bonchev–Trinajstić information content (AvgIpc) is 3.43. The summed E-state index contributed by atoms with van der Waals surface area (Å²) in [6.45, 7) is 7.44. The predicted octanol–water partition coefficient (Wildman–Crippen LogP) is 7.93. The summed E-state index contributed by atoms with van der Waals surface area (Å²) < 4.78 is 0. The standard InChI is InChI=1S/2C7H7.2C5H5.2ClH.Zr/c2*1-7-5-3-2-4-6-7;2*1-2-4-5-3-1;;;/h2*2-6H,1H2;2*1-5H;2*1H;/q4*-1;;;+2/p-2. The van der Waals surface area contributed by atoms with E-state index in [4.69, 9.17) is 17.0 Å². The molecule has 0 bridgehead atoms. The van der Waals surface area contributed by atoms with Gasteiger partial charge in [-0.15, -0.1) is 24.3 Å². The fourth-order valence-corrected chi connectivity index (χ4v) is 1.60. The Balaban J connectivity index is 0.000000322. The number of halogens is 2. The van der Waals surface area contributed by atoms with Crippen LogP contribution in [0.3, 0.4) is 0 Å². The average molecular weight is 475 g/mol. The van der Waals surface area contributed by atoms with Gasteiger partial charge in [-0.05, 0) is 0 Å². The summed E-state index contributed by atoms with van der Waals surface area (Å²) >= 11 is -0.826. The molecule has 27 heavy (non-hydrogen) atoms. The molecule has 4 aromatic carbocycles. The van der Waals surface area contributed by atoms with Crippen LogP contribution in [0.25, 0.3) is 0 Å². The fraction of sp³-hybridized carbons (Fsp3) is 0. The first-order valence-corrected chi connectivity index (χ1v) is 14.6. The third-order valence-corrected chi connectivity index (χ3v) is 2.80. The van der Waals surface area contributed by atoms with Gasteiger partial charge in [0.1, 0.15) is 0 Å². The van der Waals surface area contributed by atoms with Crippen molar-refractivity contribution in [3.05, 3.63) is 146 Å². The van der Waals surface area contributed by atoms with Crippen molar-refractivity contribution in [2.24, 2.45) is 0 Å². The van der Waals surface area contributed by atoms with Gasteiger partial charge in [0.25, 0.3) is 0 Å². The third-order valence-electron chi connectivity index (χ3n) is 2.80. The van der Waals surface area contributed by atoms with E-state index in [1.807, 2.05) is 121 Å². The summed E-state index contributed by atoms with van der Waals surface area (Å²) in [4.78, 5) is 0. The Bertz CT molecular complexity index is 593. The second kappa shape index (κ2) is 20.7. The summed E-state index contributed by atoms with van der Waals surface area (Å²) in [7, 11) is 9.87. The smallest absolute Gasteiger partial charge is 0.172 e. The van der Waals surface area contributed by atoms with Crippen molar-refractivity contribution in [2.45, 2.75) is 0 Å². The minimum Gasteiger partial charge on any atom is -0.214 e. The van der Waals surface area contributed by atoms with E-state index < -0.39 is 20.8 Å². The molecule has 0 heterocycles. The normalized spacial score (nSPS) is 7.93. The third kappa shape index (κ3) is 20.5. The van der Waals surface area contributed by atoms with Gasteiger partial charge in [-0.1, -0.05) is 12.1 Å². The van der Waals surface area contributed by atoms with E-state index in [0.29, 0.717) is 0 Å². The molecule has 0 amide bonds. The van der Waals surface area contributed by atoms with E-state index in [-0.39, 0.29) is 0 Å². The van der Waals surface area contributed by atoms with Crippen molar-refractivity contribution in [1.29, 1.82) is 0 Å². The zero-order chi connectivity index (χ0) is 20.0. The molecule has 0 saturated carbocycles. The Kier molecular flexibility index (Phi) is 19.4. The predicted molar refractivity (Wildman–Crippen MR) is 118 cm³/mol. The monoisotopic (exact) mass is 472 g/mol. The molecule has 4 aromatic rings. The summed E-state index contributed by atoms with van der Waals surface area (Å²) in [6.07, 6.45) is 0. The minimum atomic E-state index is -0.826. The van der Waals surface area contributed by atoms with E-state index in [1.54, 1.807) is 0 Å². The van der Waals surface area contributed by atoms with E-state index in [1.165, 1.54) is 0 Å². The summed E-state index contributed by atoms with van der Waals surface area (Å²) in [6, 6.07) is 39.7. The van der Waals surface area contributed by atoms with Crippen molar-refractivity contribution in [3.8, 4) is 0 Å². The quantitative estimate of drug-likeness (QED) is 0.227. The molecule has 0 aliphatic heterocycles. The Morgan fingerprint density at radius 3 is 0.889 bits per heavy atom. The van der Waals surface area contributed by atoms with E-state index in [9.17, 15) is 0 Å². The van der Waals surface area contributed by atoms with Gasteiger partial charge in [-0.25, -0.2) is 24.3 Å². The molecular formula is C24H24Cl2Zr-4. The SMILES string of the molecule is [CH2-]c1ccccc1.[CH2-]c1ccccc1.[Cl][Zr][Cl].c1cc[cH-]c1.c1cc[cH-]c1. The van der Waals surface area contributed by atoms with Crippen LogP contribution in [0.4, 0.5) is 0 Å². The van der Waals surface area contributed by atoms with Crippen LogP contribution >= 0.6 is 17.0 Å². The van der Waals surface area contributed by atoms with Gasteiger partial charge in [0.15, 0.2) is 0 Å². The Morgan fingerprint density at radius 2 is 0.778 bits per heavy atom. The van der Waals surface area contributed by atoms with E-state index in [2.05, 4.69) is 13.8 Å². The first kappa shape index (κ1) is 25.3. The molecule has 0 fully saturated rings. The van der Waals surface area contributed by atoms with Crippen LogP contribution in [0.5, 0.6) is 0 Å². The molecule has 0 nitrogen and oxygen atoms in total. The summed E-state index contributed by atoms with van der Waals surface area (Å²) in [5.41, 5.74) is 2.14. The van der Waals surface area contributed by atoms with Crippen LogP contribution in [-0.4, -0.2) is 0 Å². The van der Waals surface area contributed by atoms with Crippen LogP contribution in [0, 0.1) is 13.8 Å². The number of hydrogen-bond donors (Lipinski definition) is 0. The minimum absolute atomic E-state index is 0.826. The van der Waals surface area contributed by atoms with E-state index in [0.717, 1.165) is 11.1 Å². The van der Waals surface area contributed by atoms with Crippen LogP contribution in [0.2, 0.25) is 0 Å². The van der Waals surface area contributed by atoms with Gasteiger partial charge < -0.3 is 0 Å². The van der Waals surface area contributed by atoms with Gasteiger partial charge in [-0.3, -0.25) is 0 Å². The van der Waals surface area contributed by atoms with Gasteiger partial charge in [0, 0.05) is 0 Å². The zero-order valence-corrected chi connectivity index (χ0v) is 19.2. The van der Waals surface area contributed by atoms with Crippen molar-refractivity contribution >= 4 is 17.0 Å². The van der Waals surface area contributed by atoms with Crippen molar-refractivity contribution in [1.82, 2.24) is 0 Å². The molecule has 0 radical (unpaired) electrons. The molecule has 0 aromatic heterocycles. The first-order chi connectivity index (χ1) is 13.2. The van der Waals surface area contributed by atoms with Crippen LogP contribution in [0.15, 0.2) is 121 Å². The summed E-state index contributed by atoms with van der Waals surface area (Å²) in [5, 5.41) is 0. The second-order valence-corrected chi connectivity index (χ2v) is 8.70. The Hall–Kier alpha value is -1.66. The zero-order valence-electron chi connectivity index (χ0n) is 15.2. The van der Waals surface area contributed by atoms with Crippen LogP contribution in [-0.2, 0) is 20.8 Å². The summed E-state index contributed by atoms with van der Waals surface area (Å²) in [5.74, 6) is 0. The molecule has 3 heteroatoms. The molecule has 0 atom stereocenters. The molecule has 0 aliphatic carbocycles. The van der Waals surface area contributed by atoms with Gasteiger partial charge in [0.05, 0.1) is 0 Å². The molecular weight excluding hydrogens is 450 g/mol. The maximum absolute atomic E-state index is 4.93. The molecule has 0 unspecified atom stereocenters. The van der Waals surface area contributed by atoms with Crippen molar-refractivity contribution < 1.29 is 20.8 Å². The van der Waals surface area contributed by atoms with Crippen LogP contribution < -0.4 is 0 Å². The van der Waals surface area contributed by atoms with Gasteiger partial charge in [-0.2, -0.15) is 85.6 Å². The molecule has 0 aliphatic rings. The van der Waals surface area contributed by atoms with Crippen LogP contribution in [0.1, 0.15) is 11.1 Å². The fourth-order valence-electron chi connectivity index (χ4n) is 1.60. The Morgan fingerprint density at radius 1 is 0.519 bits per heavy atom. The number of rotatable bonds is 0. The van der Waals surface area contributed by atoms with Crippen molar-refractivity contribution in [2.75, 3.05) is 0 Å². The molecule has 0 N–H and O–H groups in total.